The standard InChI is InChI=1S/C11H13F3N4O3S/c12-11(13,14)7-2-4-17-9(7)10(19)18-6-1-3-16-8(5-6)22(15,20)21/h1,3,5,7,9,17H,2,4H2,(H2,15,20,21)(H,16,18,19). The van der Waals surface area contributed by atoms with Crippen molar-refractivity contribution in [3.8, 4) is 0 Å². The van der Waals surface area contributed by atoms with Gasteiger partial charge in [0, 0.05) is 18.0 Å². The zero-order valence-corrected chi connectivity index (χ0v) is 11.9. The molecule has 0 bridgehead atoms. The Bertz CT molecular complexity index is 677. The van der Waals surface area contributed by atoms with Crippen LogP contribution in [0.5, 0.6) is 0 Å². The molecule has 1 aliphatic rings. The van der Waals surface area contributed by atoms with Gasteiger partial charge in [-0.25, -0.2) is 18.5 Å². The third-order valence-corrected chi connectivity index (χ3v) is 4.03. The van der Waals surface area contributed by atoms with E-state index >= 15 is 0 Å². The highest BCUT2D eigenvalue weighted by atomic mass is 32.2. The monoisotopic (exact) mass is 338 g/mol. The van der Waals surface area contributed by atoms with Crippen LogP contribution in [0.2, 0.25) is 0 Å². The fourth-order valence-electron chi connectivity index (χ4n) is 2.19. The number of rotatable bonds is 3. The smallest absolute Gasteiger partial charge is 0.325 e. The second-order valence-electron chi connectivity index (χ2n) is 4.79. The zero-order chi connectivity index (χ0) is 16.5. The number of halogens is 3. The van der Waals surface area contributed by atoms with Gasteiger partial charge in [-0.1, -0.05) is 0 Å². The molecule has 1 aromatic rings. The van der Waals surface area contributed by atoms with Crippen molar-refractivity contribution in [2.45, 2.75) is 23.7 Å². The molecule has 7 nitrogen and oxygen atoms in total. The number of hydrogen-bond donors (Lipinski definition) is 3. The third kappa shape index (κ3) is 3.72. The van der Waals surface area contributed by atoms with E-state index in [1.165, 1.54) is 6.07 Å². The number of primary sulfonamides is 1. The van der Waals surface area contributed by atoms with E-state index in [-0.39, 0.29) is 18.7 Å². The van der Waals surface area contributed by atoms with E-state index in [4.69, 9.17) is 5.14 Å². The summed E-state index contributed by atoms with van der Waals surface area (Å²) in [5.74, 6) is -2.68. The molecule has 4 N–H and O–H groups in total. The van der Waals surface area contributed by atoms with Crippen molar-refractivity contribution < 1.29 is 26.4 Å². The van der Waals surface area contributed by atoms with Crippen LogP contribution in [0.4, 0.5) is 18.9 Å². The van der Waals surface area contributed by atoms with Crippen LogP contribution in [0.25, 0.3) is 0 Å². The number of aromatic nitrogens is 1. The van der Waals surface area contributed by atoms with Gasteiger partial charge in [-0.2, -0.15) is 13.2 Å². The number of alkyl halides is 3. The number of anilines is 1. The minimum atomic E-state index is -4.49. The van der Waals surface area contributed by atoms with E-state index in [1.54, 1.807) is 0 Å². The quantitative estimate of drug-likeness (QED) is 0.729. The lowest BCUT2D eigenvalue weighted by Gasteiger charge is -2.21. The number of hydrogen-bond acceptors (Lipinski definition) is 5. The highest BCUT2D eigenvalue weighted by Gasteiger charge is 2.49. The van der Waals surface area contributed by atoms with Crippen molar-refractivity contribution in [1.82, 2.24) is 10.3 Å². The zero-order valence-electron chi connectivity index (χ0n) is 11.1. The summed E-state index contributed by atoms with van der Waals surface area (Å²) in [5, 5.41) is 9.13. The normalized spacial score (nSPS) is 22.5. The molecule has 1 saturated heterocycles. The van der Waals surface area contributed by atoms with Crippen LogP contribution in [0.1, 0.15) is 6.42 Å². The molecule has 0 aliphatic carbocycles. The number of nitrogens with two attached hydrogens (primary N) is 1. The predicted molar refractivity (Wildman–Crippen MR) is 70.2 cm³/mol. The number of sulfonamides is 1. The Morgan fingerprint density at radius 2 is 2.14 bits per heavy atom. The molecule has 1 aliphatic heterocycles. The molecule has 0 radical (unpaired) electrons. The highest BCUT2D eigenvalue weighted by Crippen LogP contribution is 2.34. The molecule has 1 fully saturated rings. The van der Waals surface area contributed by atoms with Crippen LogP contribution in [0.15, 0.2) is 23.4 Å². The van der Waals surface area contributed by atoms with Crippen LogP contribution in [-0.2, 0) is 14.8 Å². The molecule has 0 spiro atoms. The highest BCUT2D eigenvalue weighted by molar-refractivity contribution is 7.89. The first kappa shape index (κ1) is 16.6. The number of nitrogens with one attached hydrogen (secondary N) is 2. The SMILES string of the molecule is NS(=O)(=O)c1cc(NC(=O)C2NCCC2C(F)(F)F)ccn1. The van der Waals surface area contributed by atoms with E-state index < -0.39 is 39.1 Å². The van der Waals surface area contributed by atoms with Crippen molar-refractivity contribution in [1.29, 1.82) is 0 Å². The van der Waals surface area contributed by atoms with Gasteiger partial charge in [0.05, 0.1) is 12.0 Å². The van der Waals surface area contributed by atoms with Gasteiger partial charge in [-0.3, -0.25) is 4.79 Å². The number of carbonyl (C=O) groups excluding carboxylic acids is 1. The molecule has 22 heavy (non-hydrogen) atoms. The summed E-state index contributed by atoms with van der Waals surface area (Å²) in [6, 6.07) is 0.806. The maximum absolute atomic E-state index is 12.8. The van der Waals surface area contributed by atoms with Gasteiger partial charge in [0.25, 0.3) is 10.0 Å². The Morgan fingerprint density at radius 1 is 1.45 bits per heavy atom. The summed E-state index contributed by atoms with van der Waals surface area (Å²) in [5.41, 5.74) is -0.00125. The lowest BCUT2D eigenvalue weighted by molar-refractivity contribution is -0.178. The topological polar surface area (TPSA) is 114 Å². The Balaban J connectivity index is 2.16. The van der Waals surface area contributed by atoms with Crippen molar-refractivity contribution in [3.05, 3.63) is 18.3 Å². The van der Waals surface area contributed by atoms with Crippen molar-refractivity contribution >= 4 is 21.6 Å². The van der Waals surface area contributed by atoms with E-state index in [1.807, 2.05) is 0 Å². The molecule has 2 rings (SSSR count). The average molecular weight is 338 g/mol. The first-order valence-corrected chi connectivity index (χ1v) is 7.73. The largest absolute Gasteiger partial charge is 0.393 e. The van der Waals surface area contributed by atoms with Crippen molar-refractivity contribution in [2.75, 3.05) is 11.9 Å². The van der Waals surface area contributed by atoms with E-state index in [2.05, 4.69) is 15.6 Å². The van der Waals surface area contributed by atoms with Crippen LogP contribution in [-0.4, -0.2) is 38.1 Å². The average Bonchev–Trinajstić information content (AvgIpc) is 2.87. The first-order chi connectivity index (χ1) is 10.1. The fraction of sp³-hybridized carbons (Fsp3) is 0.455. The third-order valence-electron chi connectivity index (χ3n) is 3.22. The summed E-state index contributed by atoms with van der Waals surface area (Å²) < 4.78 is 60.7. The van der Waals surface area contributed by atoms with Gasteiger partial charge < -0.3 is 10.6 Å². The maximum Gasteiger partial charge on any atom is 0.393 e. The molecule has 0 saturated carbocycles. The van der Waals surface area contributed by atoms with Crippen LogP contribution in [0.3, 0.4) is 0 Å². The second-order valence-corrected chi connectivity index (χ2v) is 6.29. The lowest BCUT2D eigenvalue weighted by Crippen LogP contribution is -2.44. The minimum Gasteiger partial charge on any atom is -0.325 e. The predicted octanol–water partition coefficient (Wildman–Crippen LogP) is 0.208. The summed E-state index contributed by atoms with van der Waals surface area (Å²) in [7, 11) is -4.07. The van der Waals surface area contributed by atoms with Crippen LogP contribution >= 0.6 is 0 Å². The molecular formula is C11H13F3N4O3S. The number of amides is 1. The Labute approximate surface area is 124 Å². The molecule has 0 aromatic carbocycles. The lowest BCUT2D eigenvalue weighted by atomic mass is 9.99. The summed E-state index contributed by atoms with van der Waals surface area (Å²) >= 11 is 0. The maximum atomic E-state index is 12.8. The second kappa shape index (κ2) is 5.82. The molecule has 122 valence electrons. The van der Waals surface area contributed by atoms with Crippen molar-refractivity contribution in [3.63, 3.8) is 0 Å². The van der Waals surface area contributed by atoms with Crippen LogP contribution in [0, 0.1) is 5.92 Å². The number of pyridine rings is 1. The summed E-state index contributed by atoms with van der Waals surface area (Å²) in [6.45, 7) is 0.0705. The molecule has 2 heterocycles. The molecule has 1 amide bonds. The van der Waals surface area contributed by atoms with E-state index in [9.17, 15) is 26.4 Å². The Kier molecular flexibility index (Phi) is 4.40. The Hall–Kier alpha value is -1.72. The van der Waals surface area contributed by atoms with Gasteiger partial charge in [0.15, 0.2) is 5.03 Å². The fourth-order valence-corrected chi connectivity index (χ4v) is 2.69. The molecular weight excluding hydrogens is 325 g/mol. The van der Waals surface area contributed by atoms with E-state index in [0.717, 1.165) is 12.3 Å². The van der Waals surface area contributed by atoms with Gasteiger partial charge in [-0.05, 0) is 19.0 Å². The molecule has 11 heteroatoms. The summed E-state index contributed by atoms with van der Waals surface area (Å²) in [6.07, 6.45) is -3.60. The molecule has 2 atom stereocenters. The minimum absolute atomic E-state index is 0.00125. The first-order valence-electron chi connectivity index (χ1n) is 6.19. The van der Waals surface area contributed by atoms with Gasteiger partial charge in [0.1, 0.15) is 0 Å². The van der Waals surface area contributed by atoms with Crippen molar-refractivity contribution in [2.24, 2.45) is 11.1 Å². The van der Waals surface area contributed by atoms with Gasteiger partial charge in [-0.15, -0.1) is 0 Å². The summed E-state index contributed by atoms with van der Waals surface area (Å²) in [4.78, 5) is 15.5. The number of carbonyl (C=O) groups is 1. The van der Waals surface area contributed by atoms with Gasteiger partial charge >= 0.3 is 6.18 Å². The molecule has 2 unspecified atom stereocenters. The number of nitrogens with zero attached hydrogens (tertiary/aromatic N) is 1. The van der Waals surface area contributed by atoms with Gasteiger partial charge in [0.2, 0.25) is 5.91 Å². The van der Waals surface area contributed by atoms with Crippen LogP contribution < -0.4 is 15.8 Å². The van der Waals surface area contributed by atoms with E-state index in [0.29, 0.717) is 0 Å². The molecule has 1 aromatic heterocycles. The Morgan fingerprint density at radius 3 is 2.73 bits per heavy atom.